The largest absolute Gasteiger partial charge is 0.416 e. The van der Waals surface area contributed by atoms with E-state index in [4.69, 9.17) is 11.6 Å². The van der Waals surface area contributed by atoms with Gasteiger partial charge in [-0.2, -0.15) is 13.2 Å². The molecule has 0 unspecified atom stereocenters. The number of hydrogen-bond acceptors (Lipinski definition) is 5. The highest BCUT2D eigenvalue weighted by Crippen LogP contribution is 2.29. The van der Waals surface area contributed by atoms with Gasteiger partial charge in [0.15, 0.2) is 5.16 Å². The van der Waals surface area contributed by atoms with Crippen LogP contribution in [0.4, 0.5) is 19.0 Å². The molecule has 1 saturated heterocycles. The summed E-state index contributed by atoms with van der Waals surface area (Å²) < 4.78 is 38.3. The minimum atomic E-state index is -4.39. The number of carbonyl (C=O) groups is 1. The predicted molar refractivity (Wildman–Crippen MR) is 127 cm³/mol. The molecule has 178 valence electrons. The van der Waals surface area contributed by atoms with Gasteiger partial charge in [-0.3, -0.25) is 4.79 Å². The van der Waals surface area contributed by atoms with Crippen molar-refractivity contribution in [1.29, 1.82) is 0 Å². The molecular formula is C24H22ClF3N4OS. The van der Waals surface area contributed by atoms with Gasteiger partial charge in [0.2, 0.25) is 0 Å². The number of rotatable bonds is 7. The summed E-state index contributed by atoms with van der Waals surface area (Å²) in [6.07, 6.45) is -0.836. The third kappa shape index (κ3) is 6.21. The normalized spacial score (nSPS) is 13.8. The second-order valence-electron chi connectivity index (χ2n) is 7.88. The molecule has 5 nitrogen and oxygen atoms in total. The Labute approximate surface area is 204 Å². The molecular weight excluding hydrogens is 485 g/mol. The van der Waals surface area contributed by atoms with Gasteiger partial charge in [0, 0.05) is 36.6 Å². The van der Waals surface area contributed by atoms with Crippen LogP contribution < -0.4 is 10.2 Å². The molecule has 0 saturated carbocycles. The summed E-state index contributed by atoms with van der Waals surface area (Å²) in [6.45, 7) is 1.71. The highest BCUT2D eigenvalue weighted by Gasteiger charge is 2.30. The van der Waals surface area contributed by atoms with Crippen molar-refractivity contribution in [3.05, 3.63) is 82.0 Å². The van der Waals surface area contributed by atoms with Crippen LogP contribution in [-0.4, -0.2) is 29.0 Å². The molecule has 1 N–H and O–H groups in total. The minimum Gasteiger partial charge on any atom is -0.356 e. The van der Waals surface area contributed by atoms with E-state index in [1.807, 2.05) is 24.3 Å². The van der Waals surface area contributed by atoms with Gasteiger partial charge in [-0.25, -0.2) is 9.97 Å². The average molecular weight is 507 g/mol. The van der Waals surface area contributed by atoms with Crippen LogP contribution in [0, 0.1) is 0 Å². The number of aromatic nitrogens is 2. The van der Waals surface area contributed by atoms with Crippen LogP contribution in [0.1, 0.15) is 39.9 Å². The number of halogens is 4. The summed E-state index contributed by atoms with van der Waals surface area (Å²) in [5, 5.41) is 4.01. The Morgan fingerprint density at radius 2 is 1.68 bits per heavy atom. The maximum Gasteiger partial charge on any atom is 0.416 e. The molecule has 1 amide bonds. The summed E-state index contributed by atoms with van der Waals surface area (Å²) in [7, 11) is 0. The summed E-state index contributed by atoms with van der Waals surface area (Å²) >= 11 is 7.41. The number of nitrogens with one attached hydrogen (secondary N) is 1. The van der Waals surface area contributed by atoms with Crippen molar-refractivity contribution in [3.63, 3.8) is 0 Å². The van der Waals surface area contributed by atoms with E-state index in [9.17, 15) is 18.0 Å². The van der Waals surface area contributed by atoms with Gasteiger partial charge in [0.1, 0.15) is 11.4 Å². The van der Waals surface area contributed by atoms with E-state index in [0.717, 1.165) is 43.6 Å². The number of thioether (sulfide) groups is 1. The number of anilines is 1. The van der Waals surface area contributed by atoms with Gasteiger partial charge in [-0.05, 0) is 48.2 Å². The van der Waals surface area contributed by atoms with Crippen molar-refractivity contribution < 1.29 is 18.0 Å². The van der Waals surface area contributed by atoms with E-state index >= 15 is 0 Å². The molecule has 3 aromatic rings. The first-order chi connectivity index (χ1) is 16.3. The van der Waals surface area contributed by atoms with Crippen molar-refractivity contribution in [2.45, 2.75) is 36.5 Å². The van der Waals surface area contributed by atoms with Gasteiger partial charge in [-0.1, -0.05) is 47.6 Å². The molecule has 2 heterocycles. The maximum atomic E-state index is 12.9. The molecule has 1 aliphatic rings. The lowest BCUT2D eigenvalue weighted by Crippen LogP contribution is -2.28. The van der Waals surface area contributed by atoms with Crippen LogP contribution in [0.15, 0.2) is 59.9 Å². The molecule has 1 aromatic heterocycles. The number of alkyl halides is 3. The molecule has 1 fully saturated rings. The monoisotopic (exact) mass is 506 g/mol. The third-order valence-electron chi connectivity index (χ3n) is 5.41. The van der Waals surface area contributed by atoms with E-state index in [1.165, 1.54) is 30.1 Å². The number of benzene rings is 2. The number of nitrogens with zero attached hydrogens (tertiary/aromatic N) is 3. The number of hydrogen-bond donors (Lipinski definition) is 1. The smallest absolute Gasteiger partial charge is 0.356 e. The topological polar surface area (TPSA) is 58.1 Å². The number of amides is 1. The first-order valence-electron chi connectivity index (χ1n) is 10.7. The Morgan fingerprint density at radius 1 is 1.03 bits per heavy atom. The zero-order chi connectivity index (χ0) is 24.1. The van der Waals surface area contributed by atoms with Crippen LogP contribution in [0.5, 0.6) is 0 Å². The summed E-state index contributed by atoms with van der Waals surface area (Å²) in [5.74, 6) is 0.878. The van der Waals surface area contributed by atoms with Gasteiger partial charge in [0.25, 0.3) is 5.91 Å². The van der Waals surface area contributed by atoms with Crippen molar-refractivity contribution >= 4 is 35.1 Å². The molecule has 4 rings (SSSR count). The molecule has 0 radical (unpaired) electrons. The fourth-order valence-corrected chi connectivity index (χ4v) is 4.47. The Kier molecular flexibility index (Phi) is 7.63. The minimum absolute atomic E-state index is 0.101. The summed E-state index contributed by atoms with van der Waals surface area (Å²) in [6, 6.07) is 12.3. The Morgan fingerprint density at radius 3 is 2.32 bits per heavy atom. The van der Waals surface area contributed by atoms with E-state index in [-0.39, 0.29) is 12.5 Å². The van der Waals surface area contributed by atoms with Crippen LogP contribution in [0.2, 0.25) is 5.02 Å². The molecule has 0 bridgehead atoms. The lowest BCUT2D eigenvalue weighted by Gasteiger charge is -2.20. The maximum absolute atomic E-state index is 12.9. The molecule has 0 atom stereocenters. The third-order valence-corrected chi connectivity index (χ3v) is 6.60. The first-order valence-corrected chi connectivity index (χ1v) is 12.1. The lowest BCUT2D eigenvalue weighted by molar-refractivity contribution is -0.137. The highest BCUT2D eigenvalue weighted by atomic mass is 35.5. The van der Waals surface area contributed by atoms with Crippen molar-refractivity contribution in [1.82, 2.24) is 15.3 Å². The number of carbonyl (C=O) groups excluding carboxylic acids is 1. The van der Waals surface area contributed by atoms with E-state index in [0.29, 0.717) is 32.9 Å². The van der Waals surface area contributed by atoms with E-state index in [2.05, 4.69) is 20.2 Å². The Bertz CT molecular complexity index is 1130. The second-order valence-corrected chi connectivity index (χ2v) is 9.26. The van der Waals surface area contributed by atoms with E-state index in [1.54, 1.807) is 0 Å². The Balaban J connectivity index is 1.46. The van der Waals surface area contributed by atoms with Crippen molar-refractivity contribution in [3.8, 4) is 0 Å². The molecule has 0 aliphatic carbocycles. The highest BCUT2D eigenvalue weighted by molar-refractivity contribution is 7.98. The zero-order valence-corrected chi connectivity index (χ0v) is 19.7. The molecule has 1 aliphatic heterocycles. The van der Waals surface area contributed by atoms with Gasteiger partial charge in [0.05, 0.1) is 5.56 Å². The lowest BCUT2D eigenvalue weighted by atomic mass is 10.1. The fraction of sp³-hybridized carbons (Fsp3) is 0.292. The summed E-state index contributed by atoms with van der Waals surface area (Å²) in [4.78, 5) is 24.0. The van der Waals surface area contributed by atoms with Crippen LogP contribution >= 0.6 is 23.4 Å². The van der Waals surface area contributed by atoms with Gasteiger partial charge < -0.3 is 10.2 Å². The van der Waals surface area contributed by atoms with Crippen LogP contribution in [0.3, 0.4) is 0 Å². The first kappa shape index (κ1) is 24.3. The standard InChI is InChI=1S/C24H22ClF3N4OS/c25-19-9-5-17(6-10-19)15-34-23-30-14-20(21(31-23)32-11-1-2-12-32)22(33)29-13-16-3-7-18(8-4-16)24(26,27)28/h3-10,14H,1-2,11-13,15H2,(H,29,33). The van der Waals surface area contributed by atoms with Crippen LogP contribution in [0.25, 0.3) is 0 Å². The molecule has 10 heteroatoms. The average Bonchev–Trinajstić information content (AvgIpc) is 3.37. The molecule has 34 heavy (non-hydrogen) atoms. The second kappa shape index (κ2) is 10.7. The van der Waals surface area contributed by atoms with Crippen molar-refractivity contribution in [2.24, 2.45) is 0 Å². The van der Waals surface area contributed by atoms with Gasteiger partial charge >= 0.3 is 6.18 Å². The van der Waals surface area contributed by atoms with Crippen molar-refractivity contribution in [2.75, 3.05) is 18.0 Å². The molecule has 0 spiro atoms. The quantitative estimate of drug-likeness (QED) is 0.316. The van der Waals surface area contributed by atoms with E-state index < -0.39 is 11.7 Å². The predicted octanol–water partition coefficient (Wildman–Crippen LogP) is 5.97. The van der Waals surface area contributed by atoms with Crippen LogP contribution in [-0.2, 0) is 18.5 Å². The SMILES string of the molecule is O=C(NCc1ccc(C(F)(F)F)cc1)c1cnc(SCc2ccc(Cl)cc2)nc1N1CCCC1. The zero-order valence-electron chi connectivity index (χ0n) is 18.1. The summed E-state index contributed by atoms with van der Waals surface area (Å²) in [5.41, 5.74) is 1.28. The molecule has 2 aromatic carbocycles. The van der Waals surface area contributed by atoms with Gasteiger partial charge in [-0.15, -0.1) is 0 Å². The fourth-order valence-electron chi connectivity index (χ4n) is 3.57. The Hall–Kier alpha value is -2.78.